The summed E-state index contributed by atoms with van der Waals surface area (Å²) >= 11 is 0. The lowest BCUT2D eigenvalue weighted by Gasteiger charge is -2.40. The van der Waals surface area contributed by atoms with E-state index < -0.39 is 0 Å². The molecule has 27 heavy (non-hydrogen) atoms. The lowest BCUT2D eigenvalue weighted by Crippen LogP contribution is -2.38. The summed E-state index contributed by atoms with van der Waals surface area (Å²) < 4.78 is 10.7. The van der Waals surface area contributed by atoms with Crippen LogP contribution >= 0.6 is 0 Å². The van der Waals surface area contributed by atoms with E-state index >= 15 is 0 Å². The van der Waals surface area contributed by atoms with Crippen molar-refractivity contribution < 1.29 is 19.4 Å². The molecule has 0 heterocycles. The Kier molecular flexibility index (Phi) is 10.6. The molecule has 154 valence electrons. The summed E-state index contributed by atoms with van der Waals surface area (Å²) in [4.78, 5) is 10.4. The van der Waals surface area contributed by atoms with Crippen LogP contribution in [-0.4, -0.2) is 29.9 Å². The molecule has 1 aliphatic carbocycles. The Bertz CT molecular complexity index is 521. The second kappa shape index (κ2) is 12.1. The lowest BCUT2D eigenvalue weighted by atomic mass is 9.70. The van der Waals surface area contributed by atoms with Gasteiger partial charge in [0.2, 0.25) is 0 Å². The molecule has 3 atom stereocenters. The average molecular weight is 379 g/mol. The first-order valence-electron chi connectivity index (χ1n) is 10.2. The Labute approximate surface area is 165 Å². The molecule has 0 spiro atoms. The van der Waals surface area contributed by atoms with E-state index in [2.05, 4.69) is 20.8 Å². The number of rotatable bonds is 6. The predicted molar refractivity (Wildman–Crippen MR) is 109 cm³/mol. The fourth-order valence-electron chi connectivity index (χ4n) is 3.40. The standard InChI is InChI=1S/C14H28O2.C9H10O2/c1-5-11(15)10-16-13-9-7-6-8-12(13)14(2,3)4;1-8(10)11-7-9-5-3-2-4-6-9/h11-13,15H,5-10H2,1-4H3;2-6H,7H2,1H3. The highest BCUT2D eigenvalue weighted by atomic mass is 16.5. The van der Waals surface area contributed by atoms with E-state index in [4.69, 9.17) is 9.47 Å². The molecule has 0 aromatic heterocycles. The largest absolute Gasteiger partial charge is 0.461 e. The van der Waals surface area contributed by atoms with Crippen molar-refractivity contribution in [3.63, 3.8) is 0 Å². The summed E-state index contributed by atoms with van der Waals surface area (Å²) in [5.74, 6) is 0.402. The minimum absolute atomic E-state index is 0.242. The van der Waals surface area contributed by atoms with Crippen LogP contribution in [0.1, 0.15) is 72.3 Å². The molecule has 0 aliphatic heterocycles. The van der Waals surface area contributed by atoms with Crippen LogP contribution in [-0.2, 0) is 20.9 Å². The molecule has 4 nitrogen and oxygen atoms in total. The van der Waals surface area contributed by atoms with Gasteiger partial charge in [-0.15, -0.1) is 0 Å². The number of benzene rings is 1. The Morgan fingerprint density at radius 1 is 1.19 bits per heavy atom. The van der Waals surface area contributed by atoms with Crippen LogP contribution < -0.4 is 0 Å². The van der Waals surface area contributed by atoms with Gasteiger partial charge in [0.1, 0.15) is 6.61 Å². The highest BCUT2D eigenvalue weighted by Gasteiger charge is 2.34. The zero-order valence-corrected chi connectivity index (χ0v) is 17.7. The monoisotopic (exact) mass is 378 g/mol. The molecule has 1 saturated carbocycles. The van der Waals surface area contributed by atoms with Crippen molar-refractivity contribution in [2.24, 2.45) is 11.3 Å². The van der Waals surface area contributed by atoms with E-state index in [-0.39, 0.29) is 12.1 Å². The van der Waals surface area contributed by atoms with E-state index in [0.717, 1.165) is 12.0 Å². The third-order valence-corrected chi connectivity index (χ3v) is 5.07. The molecule has 2 rings (SSSR count). The van der Waals surface area contributed by atoms with Crippen LogP contribution in [0.5, 0.6) is 0 Å². The molecular weight excluding hydrogens is 340 g/mol. The van der Waals surface area contributed by atoms with Gasteiger partial charge in [-0.25, -0.2) is 0 Å². The molecule has 1 aromatic carbocycles. The zero-order valence-electron chi connectivity index (χ0n) is 17.7. The highest BCUT2D eigenvalue weighted by Crippen LogP contribution is 2.39. The van der Waals surface area contributed by atoms with Gasteiger partial charge in [-0.1, -0.05) is 70.9 Å². The molecule has 0 saturated heterocycles. The van der Waals surface area contributed by atoms with Crippen molar-refractivity contribution in [2.75, 3.05) is 6.61 Å². The summed E-state index contributed by atoms with van der Waals surface area (Å²) in [7, 11) is 0. The van der Waals surface area contributed by atoms with E-state index in [1.165, 1.54) is 32.6 Å². The second-order valence-corrected chi connectivity index (χ2v) is 8.46. The molecule has 3 unspecified atom stereocenters. The molecule has 4 heteroatoms. The summed E-state index contributed by atoms with van der Waals surface area (Å²) in [6, 6.07) is 9.60. The predicted octanol–water partition coefficient (Wildman–Crippen LogP) is 5.13. The number of aliphatic hydroxyl groups excluding tert-OH is 1. The Balaban J connectivity index is 0.000000289. The van der Waals surface area contributed by atoms with Crippen molar-refractivity contribution in [3.8, 4) is 0 Å². The van der Waals surface area contributed by atoms with Gasteiger partial charge in [-0.3, -0.25) is 4.79 Å². The van der Waals surface area contributed by atoms with Gasteiger partial charge in [0, 0.05) is 6.92 Å². The Morgan fingerprint density at radius 3 is 2.37 bits per heavy atom. The second-order valence-electron chi connectivity index (χ2n) is 8.46. The third kappa shape index (κ3) is 9.92. The summed E-state index contributed by atoms with van der Waals surface area (Å²) in [6.45, 7) is 11.2. The minimum Gasteiger partial charge on any atom is -0.461 e. The van der Waals surface area contributed by atoms with E-state index in [9.17, 15) is 9.90 Å². The van der Waals surface area contributed by atoms with Gasteiger partial charge in [-0.2, -0.15) is 0 Å². The van der Waals surface area contributed by atoms with Crippen molar-refractivity contribution >= 4 is 5.97 Å². The van der Waals surface area contributed by atoms with Crippen LogP contribution in [0.2, 0.25) is 0 Å². The molecule has 0 radical (unpaired) electrons. The topological polar surface area (TPSA) is 55.8 Å². The first kappa shape index (κ1) is 23.6. The highest BCUT2D eigenvalue weighted by molar-refractivity contribution is 5.65. The summed E-state index contributed by atoms with van der Waals surface area (Å²) in [5, 5.41) is 9.55. The molecular formula is C23H38O4. The number of ether oxygens (including phenoxy) is 2. The van der Waals surface area contributed by atoms with Gasteiger partial charge in [0.25, 0.3) is 0 Å². The summed E-state index contributed by atoms with van der Waals surface area (Å²) in [6.07, 6.45) is 5.90. The quantitative estimate of drug-likeness (QED) is 0.697. The maximum absolute atomic E-state index is 10.4. The van der Waals surface area contributed by atoms with Crippen LogP contribution in [0.15, 0.2) is 30.3 Å². The van der Waals surface area contributed by atoms with Crippen molar-refractivity contribution in [1.82, 2.24) is 0 Å². The molecule has 0 amide bonds. The first-order chi connectivity index (χ1) is 12.7. The summed E-state index contributed by atoms with van der Waals surface area (Å²) in [5.41, 5.74) is 1.34. The molecule has 1 aromatic rings. The minimum atomic E-state index is -0.289. The first-order valence-corrected chi connectivity index (χ1v) is 10.2. The Morgan fingerprint density at radius 2 is 1.81 bits per heavy atom. The Hall–Kier alpha value is -1.39. The SMILES string of the molecule is CC(=O)OCc1ccccc1.CCC(O)COC1CCCCC1C(C)(C)C. The molecule has 1 N–H and O–H groups in total. The lowest BCUT2D eigenvalue weighted by molar-refractivity contribution is -0.142. The van der Waals surface area contributed by atoms with Crippen molar-refractivity contribution in [1.29, 1.82) is 0 Å². The van der Waals surface area contributed by atoms with Gasteiger partial charge in [0.05, 0.1) is 18.8 Å². The number of aliphatic hydroxyl groups is 1. The van der Waals surface area contributed by atoms with Crippen LogP contribution in [0.3, 0.4) is 0 Å². The third-order valence-electron chi connectivity index (χ3n) is 5.07. The number of carbonyl (C=O) groups is 1. The van der Waals surface area contributed by atoms with Gasteiger partial charge in [0.15, 0.2) is 0 Å². The van der Waals surface area contributed by atoms with Crippen molar-refractivity contribution in [3.05, 3.63) is 35.9 Å². The molecule has 1 fully saturated rings. The van der Waals surface area contributed by atoms with Crippen molar-refractivity contribution in [2.45, 2.75) is 85.5 Å². The fraction of sp³-hybridized carbons (Fsp3) is 0.696. The van der Waals surface area contributed by atoms with Gasteiger partial charge >= 0.3 is 5.97 Å². The van der Waals surface area contributed by atoms with E-state index in [1.807, 2.05) is 37.3 Å². The van der Waals surface area contributed by atoms with E-state index in [0.29, 0.717) is 30.7 Å². The van der Waals surface area contributed by atoms with Crippen LogP contribution in [0.4, 0.5) is 0 Å². The average Bonchev–Trinajstić information content (AvgIpc) is 2.65. The number of hydrogen-bond acceptors (Lipinski definition) is 4. The maximum Gasteiger partial charge on any atom is 0.302 e. The maximum atomic E-state index is 10.4. The number of esters is 1. The number of carbonyl (C=O) groups excluding carboxylic acids is 1. The van der Waals surface area contributed by atoms with Crippen LogP contribution in [0.25, 0.3) is 0 Å². The molecule has 0 bridgehead atoms. The zero-order chi connectivity index (χ0) is 20.3. The van der Waals surface area contributed by atoms with Gasteiger partial charge in [-0.05, 0) is 36.2 Å². The van der Waals surface area contributed by atoms with E-state index in [1.54, 1.807) is 0 Å². The number of hydrogen-bond donors (Lipinski definition) is 1. The van der Waals surface area contributed by atoms with Gasteiger partial charge < -0.3 is 14.6 Å². The van der Waals surface area contributed by atoms with Crippen LogP contribution in [0, 0.1) is 11.3 Å². The normalized spacial score (nSPS) is 21.0. The molecule has 1 aliphatic rings. The fourth-order valence-corrected chi connectivity index (χ4v) is 3.40. The smallest absolute Gasteiger partial charge is 0.302 e.